The number of sulfonamides is 1. The molecule has 0 aliphatic rings. The van der Waals surface area contributed by atoms with Crippen molar-refractivity contribution in [2.45, 2.75) is 39.7 Å². The van der Waals surface area contributed by atoms with Gasteiger partial charge in [-0.15, -0.1) is 0 Å². The highest BCUT2D eigenvalue weighted by Gasteiger charge is 2.19. The first kappa shape index (κ1) is 26.9. The van der Waals surface area contributed by atoms with Crippen molar-refractivity contribution in [3.63, 3.8) is 0 Å². The minimum Gasteiger partial charge on any atom is -0.345 e. The van der Waals surface area contributed by atoms with Gasteiger partial charge in [-0.05, 0) is 68.1 Å². The summed E-state index contributed by atoms with van der Waals surface area (Å²) in [6.07, 6.45) is 1.59. The molecular formula is C28H33N3O4S. The number of nitrogens with one attached hydrogen (secondary N) is 2. The van der Waals surface area contributed by atoms with Gasteiger partial charge in [-0.2, -0.15) is 0 Å². The van der Waals surface area contributed by atoms with Crippen molar-refractivity contribution in [2.24, 2.45) is 0 Å². The minimum atomic E-state index is -3.51. The van der Waals surface area contributed by atoms with Gasteiger partial charge in [-0.3, -0.25) is 13.9 Å². The SMILES string of the molecule is Cc1cc(C)cc(N(CCCC(=O)Nc2ccccc2C(=O)N[C@H](C)c2ccccc2)S(C)(=O)=O)c1. The second kappa shape index (κ2) is 11.9. The van der Waals surface area contributed by atoms with E-state index in [1.807, 2.05) is 69.3 Å². The Hall–Kier alpha value is -3.65. The highest BCUT2D eigenvalue weighted by atomic mass is 32.2. The van der Waals surface area contributed by atoms with E-state index in [1.165, 1.54) is 4.31 Å². The van der Waals surface area contributed by atoms with Crippen LogP contribution in [-0.2, 0) is 14.8 Å². The Morgan fingerprint density at radius 3 is 2.17 bits per heavy atom. The Balaban J connectivity index is 1.63. The van der Waals surface area contributed by atoms with Gasteiger partial charge in [0.15, 0.2) is 0 Å². The topological polar surface area (TPSA) is 95.6 Å². The van der Waals surface area contributed by atoms with Crippen molar-refractivity contribution in [3.05, 3.63) is 95.1 Å². The molecule has 0 saturated heterocycles. The molecule has 8 heteroatoms. The fraction of sp³-hybridized carbons (Fsp3) is 0.286. The van der Waals surface area contributed by atoms with Crippen molar-refractivity contribution >= 4 is 33.2 Å². The molecule has 3 aromatic rings. The average Bonchev–Trinajstić information content (AvgIpc) is 2.81. The van der Waals surface area contributed by atoms with Crippen molar-refractivity contribution in [3.8, 4) is 0 Å². The van der Waals surface area contributed by atoms with Gasteiger partial charge in [0.2, 0.25) is 15.9 Å². The molecule has 2 N–H and O–H groups in total. The molecule has 0 heterocycles. The van der Waals surface area contributed by atoms with E-state index in [-0.39, 0.29) is 30.8 Å². The van der Waals surface area contributed by atoms with Gasteiger partial charge >= 0.3 is 0 Å². The fourth-order valence-corrected chi connectivity index (χ4v) is 5.02. The molecule has 0 unspecified atom stereocenters. The summed E-state index contributed by atoms with van der Waals surface area (Å²) < 4.78 is 26.2. The zero-order valence-corrected chi connectivity index (χ0v) is 21.9. The second-order valence-corrected chi connectivity index (χ2v) is 10.9. The summed E-state index contributed by atoms with van der Waals surface area (Å²) in [4.78, 5) is 25.6. The number of carbonyl (C=O) groups is 2. The number of amides is 2. The third-order valence-corrected chi connectivity index (χ3v) is 6.95. The molecule has 0 saturated carbocycles. The predicted octanol–water partition coefficient (Wildman–Crippen LogP) is 4.98. The molecule has 2 amide bonds. The van der Waals surface area contributed by atoms with E-state index in [2.05, 4.69) is 10.6 Å². The zero-order chi connectivity index (χ0) is 26.3. The number of aryl methyl sites for hydroxylation is 2. The summed E-state index contributed by atoms with van der Waals surface area (Å²) in [6.45, 7) is 5.90. The third-order valence-electron chi connectivity index (χ3n) is 5.75. The molecule has 1 atom stereocenters. The lowest BCUT2D eigenvalue weighted by molar-refractivity contribution is -0.116. The Labute approximate surface area is 213 Å². The van der Waals surface area contributed by atoms with Crippen LogP contribution in [0.2, 0.25) is 0 Å². The summed E-state index contributed by atoms with van der Waals surface area (Å²) in [6, 6.07) is 21.9. The van der Waals surface area contributed by atoms with E-state index in [1.54, 1.807) is 24.3 Å². The first-order valence-corrected chi connectivity index (χ1v) is 13.7. The molecule has 0 aliphatic heterocycles. The van der Waals surface area contributed by atoms with Crippen LogP contribution in [0.25, 0.3) is 0 Å². The van der Waals surface area contributed by atoms with Gasteiger partial charge in [0.25, 0.3) is 5.91 Å². The number of carbonyl (C=O) groups excluding carboxylic acids is 2. The van der Waals surface area contributed by atoms with Crippen molar-refractivity contribution in [1.82, 2.24) is 5.32 Å². The summed E-state index contributed by atoms with van der Waals surface area (Å²) in [7, 11) is -3.51. The Bertz CT molecular complexity index is 1300. The first-order valence-electron chi connectivity index (χ1n) is 11.9. The van der Waals surface area contributed by atoms with Crippen LogP contribution < -0.4 is 14.9 Å². The van der Waals surface area contributed by atoms with E-state index < -0.39 is 10.0 Å². The van der Waals surface area contributed by atoms with Crippen LogP contribution in [0.4, 0.5) is 11.4 Å². The highest BCUT2D eigenvalue weighted by molar-refractivity contribution is 7.92. The second-order valence-electron chi connectivity index (χ2n) is 8.98. The van der Waals surface area contributed by atoms with Crippen molar-refractivity contribution in [2.75, 3.05) is 22.4 Å². The van der Waals surface area contributed by atoms with E-state index in [9.17, 15) is 18.0 Å². The maximum atomic E-state index is 12.9. The number of hydrogen-bond acceptors (Lipinski definition) is 4. The largest absolute Gasteiger partial charge is 0.345 e. The standard InChI is InChI=1S/C28H33N3O4S/c1-20-17-21(2)19-24(18-20)31(36(4,34)35)16-10-15-27(32)30-26-14-9-8-13-25(26)28(33)29-22(3)23-11-6-5-7-12-23/h5-9,11-14,17-19,22H,10,15-16H2,1-4H3,(H,29,33)(H,30,32)/t22-/m1/s1. The quantitative estimate of drug-likeness (QED) is 0.405. The third kappa shape index (κ3) is 7.42. The summed E-state index contributed by atoms with van der Waals surface area (Å²) in [5, 5.41) is 5.77. The normalized spacial score (nSPS) is 12.0. The molecule has 0 bridgehead atoms. The summed E-state index contributed by atoms with van der Waals surface area (Å²) in [5.74, 6) is -0.583. The Kier molecular flexibility index (Phi) is 8.88. The van der Waals surface area contributed by atoms with Gasteiger partial charge in [0, 0.05) is 13.0 Å². The molecule has 0 radical (unpaired) electrons. The molecule has 3 aromatic carbocycles. The number of hydrogen-bond donors (Lipinski definition) is 2. The van der Waals surface area contributed by atoms with Crippen LogP contribution in [0.15, 0.2) is 72.8 Å². The monoisotopic (exact) mass is 507 g/mol. The predicted molar refractivity (Wildman–Crippen MR) is 145 cm³/mol. The maximum absolute atomic E-state index is 12.9. The highest BCUT2D eigenvalue weighted by Crippen LogP contribution is 2.22. The lowest BCUT2D eigenvalue weighted by atomic mass is 10.1. The molecule has 0 fully saturated rings. The number of para-hydroxylation sites is 1. The lowest BCUT2D eigenvalue weighted by Gasteiger charge is -2.23. The molecule has 36 heavy (non-hydrogen) atoms. The van der Waals surface area contributed by atoms with Crippen LogP contribution in [0, 0.1) is 13.8 Å². The van der Waals surface area contributed by atoms with Gasteiger partial charge in [0.1, 0.15) is 0 Å². The molecule has 0 spiro atoms. The summed E-state index contributed by atoms with van der Waals surface area (Å²) >= 11 is 0. The molecule has 3 rings (SSSR count). The van der Waals surface area contributed by atoms with E-state index in [0.29, 0.717) is 23.4 Å². The van der Waals surface area contributed by atoms with Crippen LogP contribution >= 0.6 is 0 Å². The molecular weight excluding hydrogens is 474 g/mol. The Morgan fingerprint density at radius 2 is 1.53 bits per heavy atom. The first-order chi connectivity index (χ1) is 17.0. The van der Waals surface area contributed by atoms with Crippen molar-refractivity contribution in [1.29, 1.82) is 0 Å². The Morgan fingerprint density at radius 1 is 0.917 bits per heavy atom. The van der Waals surface area contributed by atoms with E-state index in [4.69, 9.17) is 0 Å². The van der Waals surface area contributed by atoms with Crippen LogP contribution in [-0.4, -0.2) is 33.0 Å². The van der Waals surface area contributed by atoms with Gasteiger partial charge in [0.05, 0.1) is 29.2 Å². The van der Waals surface area contributed by atoms with Crippen LogP contribution in [0.5, 0.6) is 0 Å². The van der Waals surface area contributed by atoms with Gasteiger partial charge < -0.3 is 10.6 Å². The van der Waals surface area contributed by atoms with Crippen molar-refractivity contribution < 1.29 is 18.0 Å². The fourth-order valence-electron chi connectivity index (χ4n) is 4.07. The zero-order valence-electron chi connectivity index (χ0n) is 21.1. The molecule has 190 valence electrons. The molecule has 0 aliphatic carbocycles. The smallest absolute Gasteiger partial charge is 0.253 e. The van der Waals surface area contributed by atoms with Crippen LogP contribution in [0.1, 0.15) is 52.9 Å². The van der Waals surface area contributed by atoms with Gasteiger partial charge in [-0.25, -0.2) is 8.42 Å². The number of nitrogens with zero attached hydrogens (tertiary/aromatic N) is 1. The number of rotatable bonds is 10. The number of anilines is 2. The van der Waals surface area contributed by atoms with E-state index >= 15 is 0 Å². The maximum Gasteiger partial charge on any atom is 0.253 e. The minimum absolute atomic E-state index is 0.104. The lowest BCUT2D eigenvalue weighted by Crippen LogP contribution is -2.31. The molecule has 0 aromatic heterocycles. The summed E-state index contributed by atoms with van der Waals surface area (Å²) in [5.41, 5.74) is 4.27. The van der Waals surface area contributed by atoms with Crippen LogP contribution in [0.3, 0.4) is 0 Å². The average molecular weight is 508 g/mol. The van der Waals surface area contributed by atoms with Gasteiger partial charge in [-0.1, -0.05) is 48.5 Å². The van der Waals surface area contributed by atoms with E-state index in [0.717, 1.165) is 22.9 Å². The molecule has 7 nitrogen and oxygen atoms in total. The number of benzene rings is 3.